The number of rotatable bonds is 4. The molecule has 4 heteroatoms. The summed E-state index contributed by atoms with van der Waals surface area (Å²) in [4.78, 5) is 4.50. The van der Waals surface area contributed by atoms with E-state index in [2.05, 4.69) is 47.7 Å². The molecule has 0 amide bonds. The topological polar surface area (TPSA) is 34.1 Å². The predicted molar refractivity (Wildman–Crippen MR) is 89.4 cm³/mol. The van der Waals surface area contributed by atoms with Gasteiger partial charge in [-0.25, -0.2) is 0 Å². The molecule has 108 valence electrons. The zero-order chi connectivity index (χ0) is 14.8. The normalized spacial score (nSPS) is 12.3. The van der Waals surface area contributed by atoms with E-state index in [-0.39, 0.29) is 6.04 Å². The summed E-state index contributed by atoms with van der Waals surface area (Å²) in [6, 6.07) is 10.5. The average molecular weight is 298 g/mol. The van der Waals surface area contributed by atoms with Crippen molar-refractivity contribution < 1.29 is 4.74 Å². The molecule has 1 aromatic carbocycles. The largest absolute Gasteiger partial charge is 0.497 e. The molecular weight excluding hydrogens is 280 g/mol. The third-order valence-electron chi connectivity index (χ3n) is 3.63. The minimum Gasteiger partial charge on any atom is -0.497 e. The average Bonchev–Trinajstić information content (AvgIpc) is 2.96. The van der Waals surface area contributed by atoms with E-state index in [1.165, 1.54) is 15.8 Å². The fourth-order valence-electron chi connectivity index (χ4n) is 2.34. The Morgan fingerprint density at radius 1 is 1.24 bits per heavy atom. The van der Waals surface area contributed by atoms with Crippen molar-refractivity contribution in [1.29, 1.82) is 0 Å². The predicted octanol–water partition coefficient (Wildman–Crippen LogP) is 4.79. The summed E-state index contributed by atoms with van der Waals surface area (Å²) in [5, 5.41) is 5.62. The van der Waals surface area contributed by atoms with Crippen LogP contribution >= 0.6 is 11.3 Å². The molecule has 1 unspecified atom stereocenters. The van der Waals surface area contributed by atoms with Gasteiger partial charge in [-0.15, -0.1) is 11.3 Å². The Labute approximate surface area is 128 Å². The number of aryl methyl sites for hydroxylation is 1. The van der Waals surface area contributed by atoms with Crippen molar-refractivity contribution in [2.45, 2.75) is 19.9 Å². The van der Waals surface area contributed by atoms with Crippen molar-refractivity contribution in [3.05, 3.63) is 53.0 Å². The summed E-state index contributed by atoms with van der Waals surface area (Å²) >= 11 is 1.73. The second-order valence-electron chi connectivity index (χ2n) is 5.12. The van der Waals surface area contributed by atoms with Gasteiger partial charge < -0.3 is 10.1 Å². The Morgan fingerprint density at radius 2 is 2.10 bits per heavy atom. The Kier molecular flexibility index (Phi) is 3.80. The number of hydrogen-bond acceptors (Lipinski definition) is 4. The number of methoxy groups -OCH3 is 1. The quantitative estimate of drug-likeness (QED) is 0.752. The fourth-order valence-corrected chi connectivity index (χ4v) is 3.13. The number of ether oxygens (including phenoxy) is 1. The number of thiophene rings is 1. The van der Waals surface area contributed by atoms with Gasteiger partial charge in [-0.1, -0.05) is 0 Å². The lowest BCUT2D eigenvalue weighted by atomic mass is 10.1. The van der Waals surface area contributed by atoms with Crippen LogP contribution in [0.25, 0.3) is 10.2 Å². The third kappa shape index (κ3) is 2.85. The van der Waals surface area contributed by atoms with E-state index in [4.69, 9.17) is 4.74 Å². The molecule has 0 saturated carbocycles. The minimum absolute atomic E-state index is 0.205. The van der Waals surface area contributed by atoms with Gasteiger partial charge in [0.25, 0.3) is 0 Å². The van der Waals surface area contributed by atoms with Crippen LogP contribution in [-0.2, 0) is 0 Å². The summed E-state index contributed by atoms with van der Waals surface area (Å²) in [5.74, 6) is 0.882. The summed E-state index contributed by atoms with van der Waals surface area (Å²) in [6.45, 7) is 4.23. The smallest absolute Gasteiger partial charge is 0.119 e. The summed E-state index contributed by atoms with van der Waals surface area (Å²) in [7, 11) is 1.69. The maximum Gasteiger partial charge on any atom is 0.119 e. The lowest BCUT2D eigenvalue weighted by Crippen LogP contribution is -2.08. The molecule has 2 heterocycles. The molecule has 0 aliphatic carbocycles. The molecule has 0 saturated heterocycles. The first kappa shape index (κ1) is 13.9. The molecule has 1 N–H and O–H groups in total. The van der Waals surface area contributed by atoms with E-state index in [1.54, 1.807) is 18.4 Å². The van der Waals surface area contributed by atoms with Crippen LogP contribution in [0.15, 0.2) is 41.9 Å². The maximum absolute atomic E-state index is 5.24. The highest BCUT2D eigenvalue weighted by molar-refractivity contribution is 7.17. The number of nitrogens with one attached hydrogen (secondary N) is 1. The number of fused-ring (bicyclic) bond motifs is 1. The van der Waals surface area contributed by atoms with E-state index in [1.807, 2.05) is 18.3 Å². The van der Waals surface area contributed by atoms with Gasteiger partial charge in [0.05, 0.1) is 23.4 Å². The van der Waals surface area contributed by atoms with Crippen LogP contribution in [0, 0.1) is 6.92 Å². The van der Waals surface area contributed by atoms with Crippen LogP contribution in [-0.4, -0.2) is 12.1 Å². The van der Waals surface area contributed by atoms with E-state index < -0.39 is 0 Å². The summed E-state index contributed by atoms with van der Waals surface area (Å²) in [5.41, 5.74) is 4.55. The van der Waals surface area contributed by atoms with E-state index in [9.17, 15) is 0 Å². The van der Waals surface area contributed by atoms with Crippen molar-refractivity contribution in [2.75, 3.05) is 12.4 Å². The second-order valence-corrected chi connectivity index (χ2v) is 6.07. The fraction of sp³-hybridized carbons (Fsp3) is 0.235. The summed E-state index contributed by atoms with van der Waals surface area (Å²) in [6.07, 6.45) is 1.95. The van der Waals surface area contributed by atoms with Gasteiger partial charge in [0, 0.05) is 11.9 Å². The molecule has 3 rings (SSSR count). The first-order chi connectivity index (χ1) is 10.2. The maximum atomic E-state index is 5.24. The molecule has 0 aliphatic heterocycles. The molecule has 3 nitrogen and oxygen atoms in total. The van der Waals surface area contributed by atoms with E-state index in [0.717, 1.165) is 17.0 Å². The van der Waals surface area contributed by atoms with E-state index in [0.29, 0.717) is 0 Å². The van der Waals surface area contributed by atoms with Gasteiger partial charge >= 0.3 is 0 Å². The van der Waals surface area contributed by atoms with Crippen LogP contribution in [0.2, 0.25) is 0 Å². The molecule has 3 aromatic rings. The highest BCUT2D eigenvalue weighted by atomic mass is 32.1. The Balaban J connectivity index is 1.83. The molecule has 0 spiro atoms. The third-order valence-corrected chi connectivity index (χ3v) is 4.48. The van der Waals surface area contributed by atoms with Crippen molar-refractivity contribution in [3.63, 3.8) is 0 Å². The standard InChI is InChI=1S/C17H18N2OS/c1-11-8-14(20-3)4-5-15(11)19-12(2)13-9-17-16(18-10-13)6-7-21-17/h4-10,12,19H,1-3H3. The molecule has 21 heavy (non-hydrogen) atoms. The van der Waals surface area contributed by atoms with Gasteiger partial charge in [-0.2, -0.15) is 0 Å². The number of hydrogen-bond donors (Lipinski definition) is 1. The van der Waals surface area contributed by atoms with Crippen LogP contribution in [0.3, 0.4) is 0 Å². The molecule has 0 radical (unpaired) electrons. The van der Waals surface area contributed by atoms with Gasteiger partial charge in [-0.3, -0.25) is 4.98 Å². The highest BCUT2D eigenvalue weighted by Crippen LogP contribution is 2.27. The Morgan fingerprint density at radius 3 is 2.86 bits per heavy atom. The SMILES string of the molecule is COc1ccc(NC(C)c2cnc3ccsc3c2)c(C)c1. The zero-order valence-electron chi connectivity index (χ0n) is 12.4. The molecule has 0 aliphatic rings. The Hall–Kier alpha value is -2.07. The Bertz CT molecular complexity index is 766. The number of pyridine rings is 1. The second kappa shape index (κ2) is 5.74. The minimum atomic E-state index is 0.205. The molecule has 1 atom stereocenters. The molecule has 0 fully saturated rings. The van der Waals surface area contributed by atoms with Crippen molar-refractivity contribution in [1.82, 2.24) is 4.98 Å². The lowest BCUT2D eigenvalue weighted by molar-refractivity contribution is 0.414. The summed E-state index contributed by atoms with van der Waals surface area (Å²) < 4.78 is 6.47. The number of aromatic nitrogens is 1. The molecule has 2 aromatic heterocycles. The molecular formula is C17H18N2OS. The van der Waals surface area contributed by atoms with Gasteiger partial charge in [0.15, 0.2) is 0 Å². The zero-order valence-corrected chi connectivity index (χ0v) is 13.2. The lowest BCUT2D eigenvalue weighted by Gasteiger charge is -2.17. The molecule has 0 bridgehead atoms. The van der Waals surface area contributed by atoms with Gasteiger partial charge in [0.2, 0.25) is 0 Å². The van der Waals surface area contributed by atoms with Crippen LogP contribution in [0.5, 0.6) is 5.75 Å². The number of anilines is 1. The monoisotopic (exact) mass is 298 g/mol. The van der Waals surface area contributed by atoms with Crippen molar-refractivity contribution >= 4 is 27.2 Å². The van der Waals surface area contributed by atoms with Crippen molar-refractivity contribution in [3.8, 4) is 5.75 Å². The van der Waals surface area contributed by atoms with Crippen LogP contribution < -0.4 is 10.1 Å². The van der Waals surface area contributed by atoms with Gasteiger partial charge in [0.1, 0.15) is 5.75 Å². The van der Waals surface area contributed by atoms with E-state index >= 15 is 0 Å². The van der Waals surface area contributed by atoms with Gasteiger partial charge in [-0.05, 0) is 60.7 Å². The first-order valence-corrected chi connectivity index (χ1v) is 7.79. The van der Waals surface area contributed by atoms with Crippen molar-refractivity contribution in [2.24, 2.45) is 0 Å². The first-order valence-electron chi connectivity index (χ1n) is 6.91. The highest BCUT2D eigenvalue weighted by Gasteiger charge is 2.09. The van der Waals surface area contributed by atoms with Crippen LogP contribution in [0.4, 0.5) is 5.69 Å². The van der Waals surface area contributed by atoms with Crippen LogP contribution in [0.1, 0.15) is 24.1 Å². The number of benzene rings is 1. The number of nitrogens with zero attached hydrogens (tertiary/aromatic N) is 1.